The molecule has 1 heterocycles. The van der Waals surface area contributed by atoms with E-state index < -0.39 is 0 Å². The lowest BCUT2D eigenvalue weighted by Gasteiger charge is -2.06. The van der Waals surface area contributed by atoms with Crippen LogP contribution >= 0.6 is 0 Å². The van der Waals surface area contributed by atoms with Crippen molar-refractivity contribution in [3.63, 3.8) is 0 Å². The van der Waals surface area contributed by atoms with Crippen molar-refractivity contribution in [1.82, 2.24) is 9.78 Å². The number of aromatic nitrogens is 2. The average Bonchev–Trinajstić information content (AvgIpc) is 2.78. The molecule has 0 amide bonds. The molecule has 0 atom stereocenters. The zero-order valence-corrected chi connectivity index (χ0v) is 10.9. The van der Waals surface area contributed by atoms with Gasteiger partial charge in [-0.2, -0.15) is 5.10 Å². The summed E-state index contributed by atoms with van der Waals surface area (Å²) in [4.78, 5) is 0. The van der Waals surface area contributed by atoms with Gasteiger partial charge in [0.25, 0.3) is 0 Å². The molecular formula is C14H18N2O2. The van der Waals surface area contributed by atoms with Crippen molar-refractivity contribution in [2.75, 3.05) is 7.11 Å². The van der Waals surface area contributed by atoms with E-state index in [1.165, 1.54) is 0 Å². The lowest BCUT2D eigenvalue weighted by atomic mass is 10.1. The lowest BCUT2D eigenvalue weighted by Crippen LogP contribution is -2.00. The third kappa shape index (κ3) is 2.11. The molecule has 1 N–H and O–H groups in total. The minimum absolute atomic E-state index is 0.0660. The quantitative estimate of drug-likeness (QED) is 0.901. The Hall–Kier alpha value is -1.81. The first-order chi connectivity index (χ1) is 8.69. The molecule has 18 heavy (non-hydrogen) atoms. The van der Waals surface area contributed by atoms with Crippen LogP contribution in [0, 0.1) is 0 Å². The first-order valence-electron chi connectivity index (χ1n) is 6.01. The Morgan fingerprint density at radius 1 is 1.28 bits per heavy atom. The summed E-state index contributed by atoms with van der Waals surface area (Å²) < 4.78 is 7.13. The molecular weight excluding hydrogens is 228 g/mol. The molecule has 2 aromatic rings. The highest BCUT2D eigenvalue weighted by Gasteiger charge is 2.20. The third-order valence-corrected chi connectivity index (χ3v) is 2.87. The summed E-state index contributed by atoms with van der Waals surface area (Å²) in [5.74, 6) is 0.846. The summed E-state index contributed by atoms with van der Waals surface area (Å²) in [6, 6.07) is 9.77. The van der Waals surface area contributed by atoms with Gasteiger partial charge < -0.3 is 9.84 Å². The number of nitrogens with zero attached hydrogens (tertiary/aromatic N) is 2. The molecule has 0 unspecified atom stereocenters. The van der Waals surface area contributed by atoms with Gasteiger partial charge in [-0.15, -0.1) is 0 Å². The number of rotatable bonds is 4. The van der Waals surface area contributed by atoms with E-state index in [-0.39, 0.29) is 12.5 Å². The first-order valence-corrected chi connectivity index (χ1v) is 6.01. The molecule has 0 aliphatic carbocycles. The summed E-state index contributed by atoms with van der Waals surface area (Å²) in [6.07, 6.45) is 0. The van der Waals surface area contributed by atoms with Crippen molar-refractivity contribution in [2.24, 2.45) is 0 Å². The molecule has 2 rings (SSSR count). The van der Waals surface area contributed by atoms with Crippen LogP contribution in [0.4, 0.5) is 0 Å². The van der Waals surface area contributed by atoms with E-state index in [1.807, 2.05) is 30.3 Å². The van der Waals surface area contributed by atoms with Crippen molar-refractivity contribution < 1.29 is 9.84 Å². The molecule has 0 bridgehead atoms. The molecule has 0 saturated carbocycles. The summed E-state index contributed by atoms with van der Waals surface area (Å²) in [5.41, 5.74) is 2.56. The van der Waals surface area contributed by atoms with Gasteiger partial charge in [-0.1, -0.05) is 32.0 Å². The highest BCUT2D eigenvalue weighted by molar-refractivity contribution is 5.41. The minimum atomic E-state index is -0.0660. The smallest absolute Gasteiger partial charge is 0.222 e. The molecule has 0 saturated heterocycles. The molecule has 1 aromatic heterocycles. The zero-order valence-electron chi connectivity index (χ0n) is 10.9. The number of hydrogen-bond acceptors (Lipinski definition) is 3. The van der Waals surface area contributed by atoms with Gasteiger partial charge >= 0.3 is 0 Å². The Morgan fingerprint density at radius 3 is 2.44 bits per heavy atom. The van der Waals surface area contributed by atoms with E-state index in [2.05, 4.69) is 18.9 Å². The summed E-state index contributed by atoms with van der Waals surface area (Å²) in [5, 5.41) is 14.1. The fourth-order valence-corrected chi connectivity index (χ4v) is 2.02. The predicted molar refractivity (Wildman–Crippen MR) is 70.1 cm³/mol. The summed E-state index contributed by atoms with van der Waals surface area (Å²) in [7, 11) is 1.60. The van der Waals surface area contributed by atoms with Gasteiger partial charge in [0.15, 0.2) is 0 Å². The monoisotopic (exact) mass is 246 g/mol. The van der Waals surface area contributed by atoms with E-state index in [1.54, 1.807) is 11.8 Å². The maximum atomic E-state index is 9.51. The molecule has 1 aromatic carbocycles. The molecule has 0 aliphatic rings. The molecule has 0 spiro atoms. The molecule has 96 valence electrons. The van der Waals surface area contributed by atoms with Crippen molar-refractivity contribution in [3.05, 3.63) is 41.6 Å². The Bertz CT molecular complexity index is 518. The van der Waals surface area contributed by atoms with Gasteiger partial charge in [-0.05, 0) is 18.1 Å². The van der Waals surface area contributed by atoms with Crippen LogP contribution in [0.2, 0.25) is 0 Å². The molecule has 0 aliphatic heterocycles. The average molecular weight is 246 g/mol. The normalized spacial score (nSPS) is 10.9. The summed E-state index contributed by atoms with van der Waals surface area (Å²) in [6.45, 7) is 4.04. The number of ether oxygens (including phenoxy) is 1. The molecule has 0 fully saturated rings. The minimum Gasteiger partial charge on any atom is -0.481 e. The van der Waals surface area contributed by atoms with Crippen LogP contribution in [0.15, 0.2) is 30.3 Å². The van der Waals surface area contributed by atoms with Crippen LogP contribution in [0.25, 0.3) is 5.69 Å². The SMILES string of the molecule is COc1c(CO)c(C(C)C)nn1-c1ccccc1. The van der Waals surface area contributed by atoms with Crippen LogP contribution in [0.3, 0.4) is 0 Å². The van der Waals surface area contributed by atoms with Crippen LogP contribution in [0.5, 0.6) is 5.88 Å². The van der Waals surface area contributed by atoms with Crippen LogP contribution in [-0.2, 0) is 6.61 Å². The second-order valence-electron chi connectivity index (χ2n) is 4.43. The van der Waals surface area contributed by atoms with E-state index in [9.17, 15) is 5.11 Å². The highest BCUT2D eigenvalue weighted by Crippen LogP contribution is 2.30. The Morgan fingerprint density at radius 2 is 1.94 bits per heavy atom. The first kappa shape index (κ1) is 12.6. The topological polar surface area (TPSA) is 47.3 Å². The van der Waals surface area contributed by atoms with Crippen molar-refractivity contribution in [3.8, 4) is 11.6 Å². The predicted octanol–water partition coefficient (Wildman–Crippen LogP) is 2.50. The van der Waals surface area contributed by atoms with E-state index in [0.717, 1.165) is 16.9 Å². The molecule has 0 radical (unpaired) electrons. The Kier molecular flexibility index (Phi) is 3.67. The van der Waals surface area contributed by atoms with Crippen molar-refractivity contribution in [1.29, 1.82) is 0 Å². The number of hydrogen-bond donors (Lipinski definition) is 1. The van der Waals surface area contributed by atoms with Crippen molar-refractivity contribution >= 4 is 0 Å². The van der Waals surface area contributed by atoms with E-state index in [4.69, 9.17) is 4.74 Å². The fraction of sp³-hybridized carbons (Fsp3) is 0.357. The third-order valence-electron chi connectivity index (χ3n) is 2.87. The number of benzene rings is 1. The van der Waals surface area contributed by atoms with Crippen LogP contribution in [-0.4, -0.2) is 22.0 Å². The Balaban J connectivity index is 2.61. The van der Waals surface area contributed by atoms with E-state index in [0.29, 0.717) is 5.88 Å². The number of para-hydroxylation sites is 1. The Labute approximate surface area is 107 Å². The van der Waals surface area contributed by atoms with Gasteiger partial charge in [0, 0.05) is 0 Å². The van der Waals surface area contributed by atoms with Crippen molar-refractivity contribution in [2.45, 2.75) is 26.4 Å². The van der Waals surface area contributed by atoms with Crippen LogP contribution < -0.4 is 4.74 Å². The van der Waals surface area contributed by atoms with Gasteiger partial charge in [0.2, 0.25) is 5.88 Å². The van der Waals surface area contributed by atoms with E-state index >= 15 is 0 Å². The van der Waals surface area contributed by atoms with Gasteiger partial charge in [0.1, 0.15) is 0 Å². The second-order valence-corrected chi connectivity index (χ2v) is 4.43. The van der Waals surface area contributed by atoms with Crippen LogP contribution in [0.1, 0.15) is 31.0 Å². The number of methoxy groups -OCH3 is 1. The van der Waals surface area contributed by atoms with Gasteiger partial charge in [-0.25, -0.2) is 4.68 Å². The number of aliphatic hydroxyl groups excluding tert-OH is 1. The molecule has 4 nitrogen and oxygen atoms in total. The highest BCUT2D eigenvalue weighted by atomic mass is 16.5. The maximum absolute atomic E-state index is 9.51. The lowest BCUT2D eigenvalue weighted by molar-refractivity contribution is 0.270. The maximum Gasteiger partial charge on any atom is 0.222 e. The largest absolute Gasteiger partial charge is 0.481 e. The summed E-state index contributed by atoms with van der Waals surface area (Å²) >= 11 is 0. The van der Waals surface area contributed by atoms with Gasteiger partial charge in [-0.3, -0.25) is 0 Å². The second kappa shape index (κ2) is 5.23. The van der Waals surface area contributed by atoms with Gasteiger partial charge in [0.05, 0.1) is 30.7 Å². The number of aliphatic hydroxyl groups is 1. The zero-order chi connectivity index (χ0) is 13.1. The molecule has 4 heteroatoms. The standard InChI is InChI=1S/C14H18N2O2/c1-10(2)13-12(9-17)14(18-3)16(15-13)11-7-5-4-6-8-11/h4-8,10,17H,9H2,1-3H3. The fourth-order valence-electron chi connectivity index (χ4n) is 2.02.